The van der Waals surface area contributed by atoms with Crippen molar-refractivity contribution in [3.8, 4) is 6.07 Å². The van der Waals surface area contributed by atoms with Gasteiger partial charge in [-0.25, -0.2) is 0 Å². The Morgan fingerprint density at radius 1 is 1.64 bits per heavy atom. The number of hydrogen-bond acceptors (Lipinski definition) is 3. The number of thioether (sulfide) groups is 1. The molecule has 3 heteroatoms. The first-order chi connectivity index (χ1) is 5.22. The van der Waals surface area contributed by atoms with Crippen LogP contribution in [0.4, 0.5) is 0 Å². The average Bonchev–Trinajstić information content (AvgIpc) is 2.03. The average molecular weight is 172 g/mol. The van der Waals surface area contributed by atoms with Gasteiger partial charge in [-0.3, -0.25) is 4.90 Å². The number of rotatable bonds is 5. The van der Waals surface area contributed by atoms with Gasteiger partial charge in [0.05, 0.1) is 12.1 Å². The van der Waals surface area contributed by atoms with Crippen molar-refractivity contribution in [1.29, 1.82) is 5.26 Å². The van der Waals surface area contributed by atoms with E-state index in [4.69, 9.17) is 5.26 Å². The second-order valence-electron chi connectivity index (χ2n) is 2.48. The SMILES string of the molecule is CCSCCN(C)C(C)C#N. The Labute approximate surface area is 73.6 Å². The second kappa shape index (κ2) is 6.51. The summed E-state index contributed by atoms with van der Waals surface area (Å²) in [5, 5.41) is 8.56. The molecule has 0 heterocycles. The van der Waals surface area contributed by atoms with Gasteiger partial charge in [-0.1, -0.05) is 6.92 Å². The maximum atomic E-state index is 8.56. The lowest BCUT2D eigenvalue weighted by atomic mass is 10.3. The molecule has 0 bridgehead atoms. The highest BCUT2D eigenvalue weighted by Gasteiger charge is 2.05. The van der Waals surface area contributed by atoms with Crippen LogP contribution in [0.15, 0.2) is 0 Å². The van der Waals surface area contributed by atoms with Gasteiger partial charge in [0.2, 0.25) is 0 Å². The monoisotopic (exact) mass is 172 g/mol. The van der Waals surface area contributed by atoms with Gasteiger partial charge in [0, 0.05) is 12.3 Å². The smallest absolute Gasteiger partial charge is 0.0947 e. The fourth-order valence-electron chi connectivity index (χ4n) is 0.645. The molecular formula is C8H16N2S. The first-order valence-electron chi connectivity index (χ1n) is 3.90. The predicted octanol–water partition coefficient (Wildman–Crippen LogP) is 1.58. The quantitative estimate of drug-likeness (QED) is 0.589. The molecule has 2 nitrogen and oxygen atoms in total. The van der Waals surface area contributed by atoms with Gasteiger partial charge in [-0.05, 0) is 19.7 Å². The van der Waals surface area contributed by atoms with Crippen molar-refractivity contribution in [2.45, 2.75) is 19.9 Å². The van der Waals surface area contributed by atoms with Gasteiger partial charge >= 0.3 is 0 Å². The molecule has 1 atom stereocenters. The Bertz CT molecular complexity index is 131. The van der Waals surface area contributed by atoms with Gasteiger partial charge in [-0.2, -0.15) is 17.0 Å². The summed E-state index contributed by atoms with van der Waals surface area (Å²) >= 11 is 1.91. The molecule has 64 valence electrons. The number of nitriles is 1. The molecule has 0 aromatic rings. The molecule has 0 amide bonds. The predicted molar refractivity (Wildman–Crippen MR) is 50.7 cm³/mol. The molecule has 0 saturated carbocycles. The Hall–Kier alpha value is -0.200. The molecule has 0 spiro atoms. The van der Waals surface area contributed by atoms with E-state index >= 15 is 0 Å². The minimum absolute atomic E-state index is 0.0486. The summed E-state index contributed by atoms with van der Waals surface area (Å²) in [6.45, 7) is 5.09. The summed E-state index contributed by atoms with van der Waals surface area (Å²) in [6, 6.07) is 2.26. The molecule has 0 aliphatic rings. The molecule has 0 N–H and O–H groups in total. The lowest BCUT2D eigenvalue weighted by molar-refractivity contribution is 0.322. The first-order valence-corrected chi connectivity index (χ1v) is 5.05. The van der Waals surface area contributed by atoms with E-state index in [0.717, 1.165) is 18.1 Å². The molecule has 0 aromatic heterocycles. The van der Waals surface area contributed by atoms with E-state index in [-0.39, 0.29) is 6.04 Å². The van der Waals surface area contributed by atoms with Crippen LogP contribution in [0.5, 0.6) is 0 Å². The zero-order valence-corrected chi connectivity index (χ0v) is 8.32. The van der Waals surface area contributed by atoms with Crippen molar-refractivity contribution >= 4 is 11.8 Å². The van der Waals surface area contributed by atoms with Crippen LogP contribution >= 0.6 is 11.8 Å². The molecule has 0 saturated heterocycles. The van der Waals surface area contributed by atoms with Crippen molar-refractivity contribution in [1.82, 2.24) is 4.90 Å². The van der Waals surface area contributed by atoms with Crippen LogP contribution < -0.4 is 0 Å². The van der Waals surface area contributed by atoms with E-state index < -0.39 is 0 Å². The Kier molecular flexibility index (Phi) is 6.39. The lowest BCUT2D eigenvalue weighted by Crippen LogP contribution is -2.29. The minimum atomic E-state index is 0.0486. The van der Waals surface area contributed by atoms with Gasteiger partial charge < -0.3 is 0 Å². The third-order valence-electron chi connectivity index (χ3n) is 1.64. The van der Waals surface area contributed by atoms with E-state index in [1.54, 1.807) is 0 Å². The normalized spacial score (nSPS) is 13.0. The fourth-order valence-corrected chi connectivity index (χ4v) is 1.35. The molecule has 0 radical (unpaired) electrons. The first kappa shape index (κ1) is 10.8. The second-order valence-corrected chi connectivity index (χ2v) is 3.88. The minimum Gasteiger partial charge on any atom is -0.291 e. The van der Waals surface area contributed by atoms with Crippen LogP contribution in [0.2, 0.25) is 0 Å². The van der Waals surface area contributed by atoms with Gasteiger partial charge in [0.1, 0.15) is 0 Å². The highest BCUT2D eigenvalue weighted by atomic mass is 32.2. The molecule has 0 aliphatic heterocycles. The van der Waals surface area contributed by atoms with Gasteiger partial charge in [0.15, 0.2) is 0 Å². The summed E-state index contributed by atoms with van der Waals surface area (Å²) in [6.07, 6.45) is 0. The zero-order chi connectivity index (χ0) is 8.69. The summed E-state index contributed by atoms with van der Waals surface area (Å²) in [5.41, 5.74) is 0. The van der Waals surface area contributed by atoms with Crippen LogP contribution in [-0.2, 0) is 0 Å². The van der Waals surface area contributed by atoms with Gasteiger partial charge in [-0.15, -0.1) is 0 Å². The summed E-state index contributed by atoms with van der Waals surface area (Å²) in [5.74, 6) is 2.29. The summed E-state index contributed by atoms with van der Waals surface area (Å²) in [4.78, 5) is 2.07. The Morgan fingerprint density at radius 2 is 2.27 bits per heavy atom. The third kappa shape index (κ3) is 5.11. The molecule has 0 fully saturated rings. The molecule has 11 heavy (non-hydrogen) atoms. The highest BCUT2D eigenvalue weighted by molar-refractivity contribution is 7.99. The van der Waals surface area contributed by atoms with Crippen molar-refractivity contribution < 1.29 is 0 Å². The molecule has 1 unspecified atom stereocenters. The maximum Gasteiger partial charge on any atom is 0.0947 e. The van der Waals surface area contributed by atoms with Crippen molar-refractivity contribution in [2.24, 2.45) is 0 Å². The fraction of sp³-hybridized carbons (Fsp3) is 0.875. The van der Waals surface area contributed by atoms with E-state index in [2.05, 4.69) is 17.9 Å². The van der Waals surface area contributed by atoms with Crippen LogP contribution in [-0.4, -0.2) is 36.0 Å². The van der Waals surface area contributed by atoms with Crippen LogP contribution in [0.3, 0.4) is 0 Å². The van der Waals surface area contributed by atoms with Crippen molar-refractivity contribution in [3.05, 3.63) is 0 Å². The largest absolute Gasteiger partial charge is 0.291 e. The topological polar surface area (TPSA) is 27.0 Å². The Balaban J connectivity index is 3.37. The van der Waals surface area contributed by atoms with E-state index in [9.17, 15) is 0 Å². The Morgan fingerprint density at radius 3 is 2.73 bits per heavy atom. The molecule has 0 aliphatic carbocycles. The highest BCUT2D eigenvalue weighted by Crippen LogP contribution is 2.00. The molecular weight excluding hydrogens is 156 g/mol. The van der Waals surface area contributed by atoms with Crippen LogP contribution in [0.1, 0.15) is 13.8 Å². The van der Waals surface area contributed by atoms with Crippen LogP contribution in [0.25, 0.3) is 0 Å². The van der Waals surface area contributed by atoms with Crippen LogP contribution in [0, 0.1) is 11.3 Å². The summed E-state index contributed by atoms with van der Waals surface area (Å²) in [7, 11) is 1.99. The molecule has 0 rings (SSSR count). The van der Waals surface area contributed by atoms with Crippen molar-refractivity contribution in [2.75, 3.05) is 25.1 Å². The zero-order valence-electron chi connectivity index (χ0n) is 7.50. The van der Waals surface area contributed by atoms with Gasteiger partial charge in [0.25, 0.3) is 0 Å². The standard InChI is InChI=1S/C8H16N2S/c1-4-11-6-5-10(3)8(2)7-9/h8H,4-6H2,1-3H3. The maximum absolute atomic E-state index is 8.56. The third-order valence-corrected chi connectivity index (χ3v) is 2.52. The van der Waals surface area contributed by atoms with E-state index in [1.165, 1.54) is 0 Å². The number of hydrogen-bond donors (Lipinski definition) is 0. The van der Waals surface area contributed by atoms with Crippen molar-refractivity contribution in [3.63, 3.8) is 0 Å². The summed E-state index contributed by atoms with van der Waals surface area (Å²) < 4.78 is 0. The number of nitrogens with zero attached hydrogens (tertiary/aromatic N) is 2. The van der Waals surface area contributed by atoms with E-state index in [1.807, 2.05) is 25.7 Å². The molecule has 0 aromatic carbocycles. The lowest BCUT2D eigenvalue weighted by Gasteiger charge is -2.17. The van der Waals surface area contributed by atoms with E-state index in [0.29, 0.717) is 0 Å².